The van der Waals surface area contributed by atoms with Crippen molar-refractivity contribution in [3.63, 3.8) is 0 Å². The van der Waals surface area contributed by atoms with Crippen LogP contribution < -0.4 is 0 Å². The van der Waals surface area contributed by atoms with E-state index in [1.807, 2.05) is 27.7 Å². The molecule has 0 saturated carbocycles. The zero-order valence-electron chi connectivity index (χ0n) is 10.9. The quantitative estimate of drug-likeness (QED) is 0.619. The molecule has 0 spiro atoms. The molecule has 98 valence electrons. The summed E-state index contributed by atoms with van der Waals surface area (Å²) in [6.45, 7) is 10.1. The SMILES string of the molecule is CCOC(CS(=O)(=O)C(C)C(C)C)OCC. The number of rotatable bonds is 8. The highest BCUT2D eigenvalue weighted by atomic mass is 32.2. The average molecular weight is 252 g/mol. The summed E-state index contributed by atoms with van der Waals surface area (Å²) in [6.07, 6.45) is -0.638. The lowest BCUT2D eigenvalue weighted by atomic mass is 10.2. The maximum absolute atomic E-state index is 12.0. The third-order valence-corrected chi connectivity index (χ3v) is 4.99. The zero-order chi connectivity index (χ0) is 12.8. The van der Waals surface area contributed by atoms with Gasteiger partial charge in [-0.2, -0.15) is 0 Å². The fraction of sp³-hybridized carbons (Fsp3) is 1.00. The summed E-state index contributed by atoms with van der Waals surface area (Å²) in [5.74, 6) is 0.0440. The fourth-order valence-electron chi connectivity index (χ4n) is 1.27. The van der Waals surface area contributed by atoms with Gasteiger partial charge in [0.2, 0.25) is 0 Å². The van der Waals surface area contributed by atoms with E-state index in [-0.39, 0.29) is 16.9 Å². The average Bonchev–Trinajstić information content (AvgIpc) is 2.16. The standard InChI is InChI=1S/C11H24O4S/c1-6-14-11(15-7-2)8-16(12,13)10(5)9(3)4/h9-11H,6-8H2,1-5H3. The first-order valence-electron chi connectivity index (χ1n) is 5.79. The minimum atomic E-state index is -3.15. The Labute approximate surface area is 99.2 Å². The van der Waals surface area contributed by atoms with Crippen LogP contribution in [-0.4, -0.2) is 38.9 Å². The van der Waals surface area contributed by atoms with Gasteiger partial charge in [-0.3, -0.25) is 0 Å². The molecule has 0 N–H and O–H groups in total. The van der Waals surface area contributed by atoms with Gasteiger partial charge >= 0.3 is 0 Å². The van der Waals surface area contributed by atoms with E-state index < -0.39 is 16.1 Å². The van der Waals surface area contributed by atoms with Crippen molar-refractivity contribution < 1.29 is 17.9 Å². The maximum Gasteiger partial charge on any atom is 0.171 e. The summed E-state index contributed by atoms with van der Waals surface area (Å²) >= 11 is 0. The smallest absolute Gasteiger partial charge is 0.171 e. The van der Waals surface area contributed by atoms with Crippen molar-refractivity contribution in [2.75, 3.05) is 19.0 Å². The largest absolute Gasteiger partial charge is 0.352 e. The molecule has 0 saturated heterocycles. The molecule has 0 aromatic carbocycles. The van der Waals surface area contributed by atoms with E-state index in [9.17, 15) is 8.42 Å². The van der Waals surface area contributed by atoms with Crippen molar-refractivity contribution in [1.82, 2.24) is 0 Å². The van der Waals surface area contributed by atoms with Crippen LogP contribution in [0.25, 0.3) is 0 Å². The highest BCUT2D eigenvalue weighted by Crippen LogP contribution is 2.14. The summed E-state index contributed by atoms with van der Waals surface area (Å²) in [5.41, 5.74) is 0. The van der Waals surface area contributed by atoms with Crippen LogP contribution in [0.1, 0.15) is 34.6 Å². The lowest BCUT2D eigenvalue weighted by Gasteiger charge is -2.21. The molecule has 0 heterocycles. The summed E-state index contributed by atoms with van der Waals surface area (Å²) in [6, 6.07) is 0. The van der Waals surface area contributed by atoms with E-state index in [4.69, 9.17) is 9.47 Å². The monoisotopic (exact) mass is 252 g/mol. The van der Waals surface area contributed by atoms with Crippen molar-refractivity contribution in [2.45, 2.75) is 46.2 Å². The Morgan fingerprint density at radius 2 is 1.44 bits per heavy atom. The topological polar surface area (TPSA) is 52.6 Å². The highest BCUT2D eigenvalue weighted by molar-refractivity contribution is 7.92. The molecule has 0 aliphatic rings. The number of hydrogen-bond donors (Lipinski definition) is 0. The Bertz CT molecular complexity index is 266. The van der Waals surface area contributed by atoms with Gasteiger partial charge in [0, 0.05) is 13.2 Å². The van der Waals surface area contributed by atoms with E-state index in [0.29, 0.717) is 13.2 Å². The highest BCUT2D eigenvalue weighted by Gasteiger charge is 2.28. The maximum atomic E-state index is 12.0. The lowest BCUT2D eigenvalue weighted by Crippen LogP contribution is -2.34. The minimum absolute atomic E-state index is 0.0615. The first-order valence-corrected chi connectivity index (χ1v) is 7.51. The van der Waals surface area contributed by atoms with Gasteiger partial charge in [-0.25, -0.2) is 8.42 Å². The normalized spacial score (nSPS) is 14.7. The molecule has 16 heavy (non-hydrogen) atoms. The van der Waals surface area contributed by atoms with Crippen molar-refractivity contribution >= 4 is 9.84 Å². The molecule has 0 aromatic rings. The van der Waals surface area contributed by atoms with Gasteiger partial charge in [0.25, 0.3) is 0 Å². The minimum Gasteiger partial charge on any atom is -0.352 e. The number of hydrogen-bond acceptors (Lipinski definition) is 4. The molecular weight excluding hydrogens is 228 g/mol. The third-order valence-electron chi connectivity index (χ3n) is 2.58. The molecular formula is C11H24O4S. The van der Waals surface area contributed by atoms with Crippen LogP contribution in [0.2, 0.25) is 0 Å². The van der Waals surface area contributed by atoms with E-state index in [1.165, 1.54) is 0 Å². The molecule has 0 fully saturated rings. The van der Waals surface area contributed by atoms with E-state index >= 15 is 0 Å². The Balaban J connectivity index is 4.52. The molecule has 0 aromatic heterocycles. The van der Waals surface area contributed by atoms with Crippen LogP contribution in [0, 0.1) is 5.92 Å². The van der Waals surface area contributed by atoms with Crippen molar-refractivity contribution in [3.05, 3.63) is 0 Å². The van der Waals surface area contributed by atoms with Gasteiger partial charge in [0.1, 0.15) is 5.75 Å². The molecule has 1 atom stereocenters. The van der Waals surface area contributed by atoms with Crippen LogP contribution in [0.4, 0.5) is 0 Å². The Hall–Kier alpha value is -0.130. The number of ether oxygens (including phenoxy) is 2. The van der Waals surface area contributed by atoms with Crippen LogP contribution in [0.3, 0.4) is 0 Å². The molecule has 0 bridgehead atoms. The molecule has 5 heteroatoms. The van der Waals surface area contributed by atoms with Gasteiger partial charge in [0.15, 0.2) is 16.1 Å². The molecule has 1 unspecified atom stereocenters. The molecule has 4 nitrogen and oxygen atoms in total. The second-order valence-corrected chi connectivity index (χ2v) is 6.52. The van der Waals surface area contributed by atoms with Crippen molar-refractivity contribution in [1.29, 1.82) is 0 Å². The zero-order valence-corrected chi connectivity index (χ0v) is 11.7. The lowest BCUT2D eigenvalue weighted by molar-refractivity contribution is -0.120. The molecule has 0 rings (SSSR count). The second kappa shape index (κ2) is 7.25. The van der Waals surface area contributed by atoms with Gasteiger partial charge in [0.05, 0.1) is 5.25 Å². The first-order chi connectivity index (χ1) is 7.35. The summed E-state index contributed by atoms with van der Waals surface area (Å²) < 4.78 is 34.4. The molecule has 0 amide bonds. The van der Waals surface area contributed by atoms with Gasteiger partial charge in [-0.05, 0) is 26.7 Å². The van der Waals surface area contributed by atoms with Crippen molar-refractivity contribution in [2.24, 2.45) is 5.92 Å². The second-order valence-electron chi connectivity index (χ2n) is 4.12. The van der Waals surface area contributed by atoms with Gasteiger partial charge in [-0.1, -0.05) is 13.8 Å². The van der Waals surface area contributed by atoms with Crippen LogP contribution in [0.15, 0.2) is 0 Å². The summed E-state index contributed by atoms with van der Waals surface area (Å²) in [4.78, 5) is 0. The summed E-state index contributed by atoms with van der Waals surface area (Å²) in [5, 5.41) is -0.365. The molecule has 0 radical (unpaired) electrons. The van der Waals surface area contributed by atoms with Gasteiger partial charge < -0.3 is 9.47 Å². The van der Waals surface area contributed by atoms with E-state index in [2.05, 4.69) is 0 Å². The van der Waals surface area contributed by atoms with Gasteiger partial charge in [-0.15, -0.1) is 0 Å². The summed E-state index contributed by atoms with van der Waals surface area (Å²) in [7, 11) is -3.15. The first kappa shape index (κ1) is 15.9. The molecule has 0 aliphatic carbocycles. The Kier molecular flexibility index (Phi) is 7.19. The predicted octanol–water partition coefficient (Wildman–Crippen LogP) is 1.84. The van der Waals surface area contributed by atoms with E-state index in [0.717, 1.165) is 0 Å². The fourth-order valence-corrected chi connectivity index (χ4v) is 2.98. The third kappa shape index (κ3) is 5.27. The van der Waals surface area contributed by atoms with Crippen LogP contribution in [0.5, 0.6) is 0 Å². The Morgan fingerprint density at radius 1 is 1.00 bits per heavy atom. The van der Waals surface area contributed by atoms with Crippen molar-refractivity contribution in [3.8, 4) is 0 Å². The Morgan fingerprint density at radius 3 is 1.75 bits per heavy atom. The molecule has 0 aliphatic heterocycles. The van der Waals surface area contributed by atoms with E-state index in [1.54, 1.807) is 6.92 Å². The van der Waals surface area contributed by atoms with Crippen LogP contribution >= 0.6 is 0 Å². The predicted molar refractivity (Wildman–Crippen MR) is 65.1 cm³/mol. The number of sulfone groups is 1. The van der Waals surface area contributed by atoms with Crippen LogP contribution in [-0.2, 0) is 19.3 Å².